The van der Waals surface area contributed by atoms with Crippen molar-refractivity contribution in [2.24, 2.45) is 0 Å². The van der Waals surface area contributed by atoms with Gasteiger partial charge in [0.05, 0.1) is 17.4 Å². The van der Waals surface area contributed by atoms with Gasteiger partial charge in [-0.15, -0.1) is 0 Å². The summed E-state index contributed by atoms with van der Waals surface area (Å²) in [4.78, 5) is 0. The lowest BCUT2D eigenvalue weighted by atomic mass is 10.2. The number of rotatable bonds is 7. The van der Waals surface area contributed by atoms with Crippen molar-refractivity contribution < 1.29 is 5.11 Å². The van der Waals surface area contributed by atoms with Crippen LogP contribution in [0.2, 0.25) is 0 Å². The smallest absolute Gasteiger partial charge is 0.0950 e. The van der Waals surface area contributed by atoms with E-state index in [0.29, 0.717) is 6.61 Å². The van der Waals surface area contributed by atoms with Gasteiger partial charge in [-0.2, -0.15) is 10.2 Å². The molecule has 0 amide bonds. The van der Waals surface area contributed by atoms with E-state index in [4.69, 9.17) is 5.11 Å². The highest BCUT2D eigenvalue weighted by atomic mass is 16.2. The average molecular weight is 245 g/mol. The maximum Gasteiger partial charge on any atom is 0.0950 e. The van der Waals surface area contributed by atoms with Crippen LogP contribution in [-0.4, -0.2) is 28.5 Å². The Morgan fingerprint density at radius 3 is 2.78 bits per heavy atom. The number of unbranched alkanes of at least 4 members (excludes halogenated alkanes) is 3. The highest BCUT2D eigenvalue weighted by Gasteiger charge is 2.00. The summed E-state index contributed by atoms with van der Waals surface area (Å²) in [5.41, 5.74) is 1.96. The average Bonchev–Trinajstić information content (AvgIpc) is 2.43. The van der Waals surface area contributed by atoms with E-state index in [1.54, 1.807) is 6.20 Å². The number of anilines is 1. The van der Waals surface area contributed by atoms with Gasteiger partial charge in [0.1, 0.15) is 0 Å². The molecule has 18 heavy (non-hydrogen) atoms. The number of hydrogen-bond donors (Lipinski definition) is 2. The Bertz CT molecular complexity index is 482. The fraction of sp³-hybridized carbons (Fsp3) is 0.429. The maximum atomic E-state index is 8.69. The molecule has 0 unspecified atom stereocenters. The summed E-state index contributed by atoms with van der Waals surface area (Å²) < 4.78 is 0. The SMILES string of the molecule is OCCCCCCNc1cnnc2ccccc12. The summed E-state index contributed by atoms with van der Waals surface area (Å²) in [6, 6.07) is 8.00. The number of hydrogen-bond acceptors (Lipinski definition) is 4. The molecule has 0 aliphatic heterocycles. The van der Waals surface area contributed by atoms with Crippen LogP contribution in [0.25, 0.3) is 10.9 Å². The number of aromatic nitrogens is 2. The molecule has 0 bridgehead atoms. The molecule has 0 aliphatic carbocycles. The van der Waals surface area contributed by atoms with Crippen molar-refractivity contribution in [2.75, 3.05) is 18.5 Å². The zero-order chi connectivity index (χ0) is 12.6. The topological polar surface area (TPSA) is 58.0 Å². The van der Waals surface area contributed by atoms with Crippen molar-refractivity contribution in [2.45, 2.75) is 25.7 Å². The number of benzene rings is 1. The second-order valence-corrected chi connectivity index (χ2v) is 4.34. The lowest BCUT2D eigenvalue weighted by Gasteiger charge is -2.08. The van der Waals surface area contributed by atoms with Gasteiger partial charge in [-0.05, 0) is 18.9 Å². The second-order valence-electron chi connectivity index (χ2n) is 4.34. The Morgan fingerprint density at radius 1 is 1.06 bits per heavy atom. The van der Waals surface area contributed by atoms with Crippen LogP contribution in [0.5, 0.6) is 0 Å². The lowest BCUT2D eigenvalue weighted by molar-refractivity contribution is 0.283. The van der Waals surface area contributed by atoms with Crippen LogP contribution >= 0.6 is 0 Å². The monoisotopic (exact) mass is 245 g/mol. The number of fused-ring (bicyclic) bond motifs is 1. The van der Waals surface area contributed by atoms with Crippen molar-refractivity contribution in [3.05, 3.63) is 30.5 Å². The minimum atomic E-state index is 0.298. The van der Waals surface area contributed by atoms with E-state index in [1.165, 1.54) is 0 Å². The fourth-order valence-corrected chi connectivity index (χ4v) is 1.96. The molecule has 0 fully saturated rings. The van der Waals surface area contributed by atoms with Gasteiger partial charge >= 0.3 is 0 Å². The number of nitrogens with one attached hydrogen (secondary N) is 1. The van der Waals surface area contributed by atoms with Crippen LogP contribution in [0.3, 0.4) is 0 Å². The molecule has 96 valence electrons. The molecule has 0 radical (unpaired) electrons. The molecule has 4 nitrogen and oxygen atoms in total. The highest BCUT2D eigenvalue weighted by molar-refractivity contribution is 5.90. The van der Waals surface area contributed by atoms with Crippen molar-refractivity contribution in [1.82, 2.24) is 10.2 Å². The highest BCUT2D eigenvalue weighted by Crippen LogP contribution is 2.19. The summed E-state index contributed by atoms with van der Waals surface area (Å²) in [6.45, 7) is 1.23. The van der Waals surface area contributed by atoms with Gasteiger partial charge in [0, 0.05) is 18.5 Å². The van der Waals surface area contributed by atoms with E-state index in [0.717, 1.165) is 48.8 Å². The fourth-order valence-electron chi connectivity index (χ4n) is 1.96. The van der Waals surface area contributed by atoms with Crippen molar-refractivity contribution >= 4 is 16.6 Å². The molecule has 0 saturated heterocycles. The quantitative estimate of drug-likeness (QED) is 0.736. The van der Waals surface area contributed by atoms with Gasteiger partial charge in [0.25, 0.3) is 0 Å². The molecule has 1 aromatic heterocycles. The maximum absolute atomic E-state index is 8.69. The molecule has 1 aromatic carbocycles. The number of nitrogens with zero attached hydrogens (tertiary/aromatic N) is 2. The normalized spacial score (nSPS) is 10.7. The first-order chi connectivity index (χ1) is 8.92. The van der Waals surface area contributed by atoms with E-state index in [1.807, 2.05) is 18.2 Å². The van der Waals surface area contributed by atoms with Crippen molar-refractivity contribution in [3.8, 4) is 0 Å². The predicted octanol–water partition coefficient (Wildman–Crippen LogP) is 2.59. The van der Waals surface area contributed by atoms with Gasteiger partial charge < -0.3 is 10.4 Å². The Labute approximate surface area is 107 Å². The summed E-state index contributed by atoms with van der Waals surface area (Å²) >= 11 is 0. The zero-order valence-electron chi connectivity index (χ0n) is 10.5. The van der Waals surface area contributed by atoms with Gasteiger partial charge in [-0.3, -0.25) is 0 Å². The lowest BCUT2D eigenvalue weighted by Crippen LogP contribution is -2.03. The summed E-state index contributed by atoms with van der Waals surface area (Å²) in [6.07, 6.45) is 6.02. The first-order valence-electron chi connectivity index (χ1n) is 6.47. The minimum Gasteiger partial charge on any atom is -0.396 e. The molecular formula is C14H19N3O. The molecule has 1 heterocycles. The molecule has 0 spiro atoms. The third kappa shape index (κ3) is 3.40. The molecule has 2 rings (SSSR count). The van der Waals surface area contributed by atoms with Crippen molar-refractivity contribution in [1.29, 1.82) is 0 Å². The Morgan fingerprint density at radius 2 is 1.89 bits per heavy atom. The van der Waals surface area contributed by atoms with E-state index in [9.17, 15) is 0 Å². The number of aliphatic hydroxyl groups is 1. The van der Waals surface area contributed by atoms with Crippen LogP contribution in [0.15, 0.2) is 30.5 Å². The Hall–Kier alpha value is -1.68. The Balaban J connectivity index is 1.88. The number of aliphatic hydroxyl groups excluding tert-OH is 1. The van der Waals surface area contributed by atoms with Crippen LogP contribution in [0.1, 0.15) is 25.7 Å². The van der Waals surface area contributed by atoms with Gasteiger partial charge in [-0.25, -0.2) is 0 Å². The largest absolute Gasteiger partial charge is 0.396 e. The molecular weight excluding hydrogens is 226 g/mol. The standard InChI is InChI=1S/C14H19N3O/c18-10-6-2-1-5-9-15-14-11-16-17-13-8-4-3-7-12(13)14/h3-4,7-8,11,18H,1-2,5-6,9-10H2,(H,15,17). The van der Waals surface area contributed by atoms with E-state index >= 15 is 0 Å². The van der Waals surface area contributed by atoms with Gasteiger partial charge in [0.15, 0.2) is 0 Å². The third-order valence-electron chi connectivity index (χ3n) is 2.95. The zero-order valence-corrected chi connectivity index (χ0v) is 10.5. The van der Waals surface area contributed by atoms with E-state index in [-0.39, 0.29) is 0 Å². The van der Waals surface area contributed by atoms with Gasteiger partial charge in [0.2, 0.25) is 0 Å². The molecule has 2 aromatic rings. The van der Waals surface area contributed by atoms with Crippen LogP contribution in [0.4, 0.5) is 5.69 Å². The molecule has 0 atom stereocenters. The van der Waals surface area contributed by atoms with Gasteiger partial charge in [-0.1, -0.05) is 31.0 Å². The van der Waals surface area contributed by atoms with Crippen molar-refractivity contribution in [3.63, 3.8) is 0 Å². The first-order valence-corrected chi connectivity index (χ1v) is 6.47. The van der Waals surface area contributed by atoms with E-state index in [2.05, 4.69) is 21.6 Å². The molecule has 0 saturated carbocycles. The van der Waals surface area contributed by atoms with Crippen LogP contribution in [0, 0.1) is 0 Å². The minimum absolute atomic E-state index is 0.298. The third-order valence-corrected chi connectivity index (χ3v) is 2.95. The first kappa shape index (κ1) is 12.8. The predicted molar refractivity (Wildman–Crippen MR) is 73.6 cm³/mol. The summed E-state index contributed by atoms with van der Waals surface area (Å²) in [7, 11) is 0. The van der Waals surface area contributed by atoms with Crippen LogP contribution in [-0.2, 0) is 0 Å². The molecule has 4 heteroatoms. The second kappa shape index (κ2) is 6.91. The summed E-state index contributed by atoms with van der Waals surface area (Å²) in [5.74, 6) is 0. The molecule has 2 N–H and O–H groups in total. The molecule has 0 aliphatic rings. The summed E-state index contributed by atoms with van der Waals surface area (Å²) in [5, 5.41) is 21.3. The Kier molecular flexibility index (Phi) is 4.90. The van der Waals surface area contributed by atoms with Crippen LogP contribution < -0.4 is 5.32 Å². The van der Waals surface area contributed by atoms with E-state index < -0.39 is 0 Å².